The average molecular weight is 241 g/mol. The first kappa shape index (κ1) is 10.6. The minimum atomic E-state index is -0.0952. The summed E-state index contributed by atoms with van der Waals surface area (Å²) in [5, 5.41) is 9.83. The second-order valence-corrected chi connectivity index (χ2v) is 4.03. The monoisotopic (exact) mass is 241 g/mol. The molecule has 2 aromatic heterocycles. The number of H-pyrrole nitrogens is 1. The second kappa shape index (κ2) is 4.06. The largest absolute Gasteiger partial charge is 0.331 e. The summed E-state index contributed by atoms with van der Waals surface area (Å²) in [6.45, 7) is 0. The van der Waals surface area contributed by atoms with E-state index in [1.165, 1.54) is 6.20 Å². The number of carbonyl (C=O) groups is 1. The van der Waals surface area contributed by atoms with Crippen LogP contribution < -0.4 is 0 Å². The van der Waals surface area contributed by atoms with Gasteiger partial charge in [-0.1, -0.05) is 12.1 Å². The van der Waals surface area contributed by atoms with Gasteiger partial charge >= 0.3 is 0 Å². The molecule has 18 heavy (non-hydrogen) atoms. The summed E-state index contributed by atoms with van der Waals surface area (Å²) in [5.41, 5.74) is 2.24. The number of rotatable bonds is 3. The number of Topliss-reactive ketones (excluding diaryl/α,β-unsaturated/α-hetero) is 1. The number of hydrogen-bond acceptors (Lipinski definition) is 4. The highest BCUT2D eigenvalue weighted by Crippen LogP contribution is 2.15. The molecule has 6 heteroatoms. The van der Waals surface area contributed by atoms with E-state index >= 15 is 0 Å². The Hall–Kier alpha value is -2.50. The number of para-hydroxylation sites is 2. The Labute approximate surface area is 103 Å². The molecule has 0 spiro atoms. The molecule has 3 rings (SSSR count). The molecule has 90 valence electrons. The Morgan fingerprint density at radius 1 is 1.39 bits per heavy atom. The van der Waals surface area contributed by atoms with Crippen molar-refractivity contribution in [2.75, 3.05) is 0 Å². The number of nitrogens with zero attached hydrogens (tertiary/aromatic N) is 4. The molecule has 0 atom stereocenters. The Bertz CT molecular complexity index is 698. The standard InChI is InChI=1S/C12H11N5O/c1-17-10-5-3-2-4-8(10)14-12(17)6-11(18)9-7-13-16-15-9/h2-5,7H,6H2,1H3,(H,13,15,16). The minimum Gasteiger partial charge on any atom is -0.331 e. The molecule has 1 aromatic carbocycles. The third-order valence-electron chi connectivity index (χ3n) is 2.90. The van der Waals surface area contributed by atoms with Crippen LogP contribution in [0.25, 0.3) is 11.0 Å². The van der Waals surface area contributed by atoms with Crippen molar-refractivity contribution >= 4 is 16.8 Å². The number of fused-ring (bicyclic) bond motifs is 1. The zero-order valence-electron chi connectivity index (χ0n) is 9.79. The van der Waals surface area contributed by atoms with E-state index in [1.807, 2.05) is 35.9 Å². The summed E-state index contributed by atoms with van der Waals surface area (Å²) in [6, 6.07) is 7.79. The quantitative estimate of drug-likeness (QED) is 0.697. The molecule has 6 nitrogen and oxygen atoms in total. The number of nitrogens with one attached hydrogen (secondary N) is 1. The van der Waals surface area contributed by atoms with Gasteiger partial charge < -0.3 is 4.57 Å². The fourth-order valence-electron chi connectivity index (χ4n) is 1.92. The second-order valence-electron chi connectivity index (χ2n) is 4.03. The number of hydrogen-bond donors (Lipinski definition) is 1. The molecule has 0 saturated carbocycles. The number of aryl methyl sites for hydroxylation is 1. The van der Waals surface area contributed by atoms with Crippen molar-refractivity contribution in [2.45, 2.75) is 6.42 Å². The molecule has 0 bridgehead atoms. The molecule has 0 aliphatic rings. The topological polar surface area (TPSA) is 76.5 Å². The molecular formula is C12H11N5O. The third-order valence-corrected chi connectivity index (χ3v) is 2.90. The number of aromatic amines is 1. The summed E-state index contributed by atoms with van der Waals surface area (Å²) in [4.78, 5) is 16.4. The van der Waals surface area contributed by atoms with Gasteiger partial charge in [0.1, 0.15) is 11.5 Å². The Morgan fingerprint density at radius 3 is 2.94 bits per heavy atom. The third kappa shape index (κ3) is 1.67. The lowest BCUT2D eigenvalue weighted by Gasteiger charge is -1.99. The number of imidazole rings is 1. The van der Waals surface area contributed by atoms with Gasteiger partial charge in [0.05, 0.1) is 23.7 Å². The average Bonchev–Trinajstić information content (AvgIpc) is 3.00. The van der Waals surface area contributed by atoms with E-state index in [4.69, 9.17) is 0 Å². The summed E-state index contributed by atoms with van der Waals surface area (Å²) >= 11 is 0. The van der Waals surface area contributed by atoms with Crippen molar-refractivity contribution in [3.63, 3.8) is 0 Å². The first-order valence-corrected chi connectivity index (χ1v) is 5.55. The van der Waals surface area contributed by atoms with Gasteiger partial charge in [0.15, 0.2) is 5.78 Å². The highest BCUT2D eigenvalue weighted by atomic mass is 16.1. The van der Waals surface area contributed by atoms with Gasteiger partial charge in [-0.05, 0) is 12.1 Å². The molecule has 0 aliphatic heterocycles. The number of aromatic nitrogens is 5. The molecule has 0 saturated heterocycles. The predicted molar refractivity (Wildman–Crippen MR) is 65.1 cm³/mol. The van der Waals surface area contributed by atoms with Gasteiger partial charge in [-0.3, -0.25) is 4.79 Å². The van der Waals surface area contributed by atoms with Gasteiger partial charge in [0.2, 0.25) is 0 Å². The smallest absolute Gasteiger partial charge is 0.192 e. The molecule has 3 aromatic rings. The lowest BCUT2D eigenvalue weighted by Crippen LogP contribution is -2.08. The normalized spacial score (nSPS) is 10.9. The zero-order chi connectivity index (χ0) is 12.5. The molecule has 1 N–H and O–H groups in total. The fourth-order valence-corrected chi connectivity index (χ4v) is 1.92. The van der Waals surface area contributed by atoms with E-state index in [0.29, 0.717) is 5.69 Å². The number of benzene rings is 1. The van der Waals surface area contributed by atoms with Crippen molar-refractivity contribution in [3.05, 3.63) is 42.0 Å². The Balaban J connectivity index is 1.96. The Morgan fingerprint density at radius 2 is 2.22 bits per heavy atom. The van der Waals surface area contributed by atoms with Crippen LogP contribution >= 0.6 is 0 Å². The van der Waals surface area contributed by atoms with Crippen molar-refractivity contribution < 1.29 is 4.79 Å². The molecule has 0 aliphatic carbocycles. The lowest BCUT2D eigenvalue weighted by atomic mass is 10.2. The maximum absolute atomic E-state index is 11.9. The van der Waals surface area contributed by atoms with Crippen LogP contribution in [0.5, 0.6) is 0 Å². The van der Waals surface area contributed by atoms with Gasteiger partial charge in [0.25, 0.3) is 0 Å². The van der Waals surface area contributed by atoms with Gasteiger partial charge in [0, 0.05) is 7.05 Å². The van der Waals surface area contributed by atoms with E-state index in [-0.39, 0.29) is 12.2 Å². The Kier molecular flexibility index (Phi) is 2.40. The molecule has 0 radical (unpaired) electrons. The van der Waals surface area contributed by atoms with Crippen LogP contribution in [0, 0.1) is 0 Å². The van der Waals surface area contributed by atoms with Crippen LogP contribution in [0.15, 0.2) is 30.5 Å². The van der Waals surface area contributed by atoms with Crippen molar-refractivity contribution in [3.8, 4) is 0 Å². The van der Waals surface area contributed by atoms with E-state index in [9.17, 15) is 4.79 Å². The van der Waals surface area contributed by atoms with Crippen molar-refractivity contribution in [2.24, 2.45) is 7.05 Å². The lowest BCUT2D eigenvalue weighted by molar-refractivity contribution is 0.0985. The summed E-state index contributed by atoms with van der Waals surface area (Å²) < 4.78 is 1.92. The maximum atomic E-state index is 11.9. The first-order chi connectivity index (χ1) is 8.75. The van der Waals surface area contributed by atoms with Gasteiger partial charge in [-0.2, -0.15) is 15.4 Å². The fraction of sp³-hybridized carbons (Fsp3) is 0.167. The summed E-state index contributed by atoms with van der Waals surface area (Å²) in [6.07, 6.45) is 1.64. The van der Waals surface area contributed by atoms with Crippen LogP contribution in [0.4, 0.5) is 0 Å². The summed E-state index contributed by atoms with van der Waals surface area (Å²) in [7, 11) is 1.90. The maximum Gasteiger partial charge on any atom is 0.192 e. The number of ketones is 1. The molecular weight excluding hydrogens is 230 g/mol. The van der Waals surface area contributed by atoms with Crippen LogP contribution in [0.3, 0.4) is 0 Å². The van der Waals surface area contributed by atoms with Gasteiger partial charge in [-0.15, -0.1) is 0 Å². The highest BCUT2D eigenvalue weighted by molar-refractivity contribution is 5.95. The van der Waals surface area contributed by atoms with Crippen LogP contribution in [0.2, 0.25) is 0 Å². The van der Waals surface area contributed by atoms with E-state index in [2.05, 4.69) is 20.4 Å². The molecule has 0 unspecified atom stereocenters. The van der Waals surface area contributed by atoms with Crippen LogP contribution in [0.1, 0.15) is 16.3 Å². The molecule has 0 amide bonds. The molecule has 2 heterocycles. The zero-order valence-corrected chi connectivity index (χ0v) is 9.79. The van der Waals surface area contributed by atoms with Crippen molar-refractivity contribution in [1.29, 1.82) is 0 Å². The first-order valence-electron chi connectivity index (χ1n) is 5.55. The van der Waals surface area contributed by atoms with Crippen LogP contribution in [-0.2, 0) is 13.5 Å². The van der Waals surface area contributed by atoms with E-state index in [0.717, 1.165) is 16.9 Å². The summed E-state index contributed by atoms with van der Waals surface area (Å²) in [5.74, 6) is 0.631. The van der Waals surface area contributed by atoms with E-state index < -0.39 is 0 Å². The minimum absolute atomic E-state index is 0.0952. The van der Waals surface area contributed by atoms with Gasteiger partial charge in [-0.25, -0.2) is 4.98 Å². The van der Waals surface area contributed by atoms with Crippen molar-refractivity contribution in [1.82, 2.24) is 25.0 Å². The predicted octanol–water partition coefficient (Wildman–Crippen LogP) is 1.12. The van der Waals surface area contributed by atoms with Crippen LogP contribution in [-0.4, -0.2) is 30.7 Å². The SMILES string of the molecule is Cn1c(CC(=O)c2cn[nH]n2)nc2ccccc21. The highest BCUT2D eigenvalue weighted by Gasteiger charge is 2.14. The molecule has 0 fully saturated rings. The van der Waals surface area contributed by atoms with E-state index in [1.54, 1.807) is 0 Å². The number of carbonyl (C=O) groups excluding carboxylic acids is 1.